The Balaban J connectivity index is 1.41. The molecule has 0 N–H and O–H groups in total. The summed E-state index contributed by atoms with van der Waals surface area (Å²) < 4.78 is 12.3. The van der Waals surface area contributed by atoms with E-state index < -0.39 is 0 Å². The zero-order valence-electron chi connectivity index (χ0n) is 16.3. The first-order chi connectivity index (χ1) is 14.0. The molecule has 148 valence electrons. The van der Waals surface area contributed by atoms with Crippen molar-refractivity contribution in [1.29, 1.82) is 0 Å². The van der Waals surface area contributed by atoms with Gasteiger partial charge in [0.15, 0.2) is 12.3 Å². The van der Waals surface area contributed by atoms with E-state index in [9.17, 15) is 4.79 Å². The lowest BCUT2D eigenvalue weighted by Gasteiger charge is -2.23. The number of aromatic nitrogens is 3. The molecular formula is C21H20N4O3S. The second-order valence-corrected chi connectivity index (χ2v) is 7.86. The monoisotopic (exact) mass is 408 g/mol. The van der Waals surface area contributed by atoms with Gasteiger partial charge in [0.05, 0.1) is 27.0 Å². The number of carbonyl (C=O) groups is 1. The fraction of sp³-hybridized carbons (Fsp3) is 0.238. The third-order valence-corrected chi connectivity index (χ3v) is 5.57. The third kappa shape index (κ3) is 4.12. The van der Waals surface area contributed by atoms with Crippen LogP contribution in [0, 0.1) is 6.92 Å². The molecule has 0 saturated heterocycles. The van der Waals surface area contributed by atoms with Crippen LogP contribution in [-0.2, 0) is 6.61 Å². The summed E-state index contributed by atoms with van der Waals surface area (Å²) in [5, 5.41) is 1.01. The van der Waals surface area contributed by atoms with Crippen LogP contribution in [-0.4, -0.2) is 32.8 Å². The molecule has 3 aromatic heterocycles. The molecule has 0 radical (unpaired) electrons. The fourth-order valence-electron chi connectivity index (χ4n) is 2.91. The number of ether oxygens (including phenoxy) is 1. The van der Waals surface area contributed by atoms with Gasteiger partial charge in [0, 0.05) is 19.3 Å². The fourth-order valence-corrected chi connectivity index (χ4v) is 3.72. The molecule has 0 fully saturated rings. The molecule has 1 aromatic carbocycles. The molecule has 4 rings (SSSR count). The van der Waals surface area contributed by atoms with E-state index in [0.29, 0.717) is 11.6 Å². The zero-order valence-corrected chi connectivity index (χ0v) is 17.1. The van der Waals surface area contributed by atoms with Gasteiger partial charge in [-0.25, -0.2) is 9.97 Å². The number of nitrogens with zero attached hydrogens (tertiary/aromatic N) is 4. The van der Waals surface area contributed by atoms with Gasteiger partial charge in [0.2, 0.25) is 5.89 Å². The maximum absolute atomic E-state index is 12.7. The molecule has 29 heavy (non-hydrogen) atoms. The van der Waals surface area contributed by atoms with E-state index in [-0.39, 0.29) is 24.2 Å². The highest BCUT2D eigenvalue weighted by atomic mass is 32.1. The first-order valence-electron chi connectivity index (χ1n) is 9.14. The Morgan fingerprint density at radius 3 is 2.93 bits per heavy atom. The molecule has 0 saturated carbocycles. The average molecular weight is 408 g/mol. The number of fused-ring (bicyclic) bond motifs is 1. The third-order valence-electron chi connectivity index (χ3n) is 4.62. The van der Waals surface area contributed by atoms with Crippen molar-refractivity contribution in [1.82, 2.24) is 19.9 Å². The maximum atomic E-state index is 12.7. The summed E-state index contributed by atoms with van der Waals surface area (Å²) in [6.07, 6.45) is 3.07. The van der Waals surface area contributed by atoms with E-state index in [4.69, 9.17) is 9.15 Å². The Kier molecular flexibility index (Phi) is 5.26. The van der Waals surface area contributed by atoms with Crippen molar-refractivity contribution >= 4 is 27.5 Å². The van der Waals surface area contributed by atoms with Gasteiger partial charge in [0.25, 0.3) is 5.91 Å². The summed E-state index contributed by atoms with van der Waals surface area (Å²) in [5.41, 5.74) is 1.95. The largest absolute Gasteiger partial charge is 0.484 e. The van der Waals surface area contributed by atoms with Crippen LogP contribution < -0.4 is 4.74 Å². The van der Waals surface area contributed by atoms with E-state index in [2.05, 4.69) is 15.0 Å². The summed E-state index contributed by atoms with van der Waals surface area (Å²) in [6, 6.07) is 11.2. The number of benzene rings is 1. The van der Waals surface area contributed by atoms with Gasteiger partial charge in [-0.3, -0.25) is 9.78 Å². The van der Waals surface area contributed by atoms with Gasteiger partial charge in [-0.2, -0.15) is 0 Å². The quantitative estimate of drug-likeness (QED) is 0.470. The maximum Gasteiger partial charge on any atom is 0.276 e. The van der Waals surface area contributed by atoms with Gasteiger partial charge >= 0.3 is 0 Å². The molecule has 0 spiro atoms. The predicted molar refractivity (Wildman–Crippen MR) is 110 cm³/mol. The lowest BCUT2D eigenvalue weighted by molar-refractivity contribution is 0.0733. The van der Waals surface area contributed by atoms with Gasteiger partial charge in [-0.05, 0) is 38.1 Å². The first kappa shape index (κ1) is 19.1. The molecule has 1 unspecified atom stereocenters. The SMILES string of the molecule is Cc1nc2cc(OCc3nc(C(=O)N(C)C(C)c4ccccn4)co3)ccc2s1. The molecule has 0 aliphatic carbocycles. The molecule has 4 aromatic rings. The number of rotatable bonds is 6. The van der Waals surface area contributed by atoms with Gasteiger partial charge < -0.3 is 14.1 Å². The van der Waals surface area contributed by atoms with E-state index >= 15 is 0 Å². The van der Waals surface area contributed by atoms with Crippen molar-refractivity contribution in [2.75, 3.05) is 7.05 Å². The second kappa shape index (κ2) is 8.00. The lowest BCUT2D eigenvalue weighted by atomic mass is 10.2. The van der Waals surface area contributed by atoms with Crippen LogP contribution in [0.2, 0.25) is 0 Å². The summed E-state index contributed by atoms with van der Waals surface area (Å²) >= 11 is 1.64. The number of pyridine rings is 1. The molecule has 1 atom stereocenters. The van der Waals surface area contributed by atoms with E-state index in [1.165, 1.54) is 6.26 Å². The summed E-state index contributed by atoms with van der Waals surface area (Å²) in [5.74, 6) is 0.772. The summed E-state index contributed by atoms with van der Waals surface area (Å²) in [4.78, 5) is 27.3. The van der Waals surface area contributed by atoms with Gasteiger partial charge in [-0.15, -0.1) is 11.3 Å². The van der Waals surface area contributed by atoms with Crippen molar-refractivity contribution in [3.63, 3.8) is 0 Å². The van der Waals surface area contributed by atoms with Crippen LogP contribution in [0.3, 0.4) is 0 Å². The van der Waals surface area contributed by atoms with Crippen LogP contribution in [0.1, 0.15) is 40.0 Å². The van der Waals surface area contributed by atoms with E-state index in [1.54, 1.807) is 29.5 Å². The first-order valence-corrected chi connectivity index (χ1v) is 9.95. The average Bonchev–Trinajstić information content (AvgIpc) is 3.36. The van der Waals surface area contributed by atoms with Crippen molar-refractivity contribution < 1.29 is 13.9 Å². The van der Waals surface area contributed by atoms with Crippen molar-refractivity contribution in [2.24, 2.45) is 0 Å². The van der Waals surface area contributed by atoms with Crippen molar-refractivity contribution in [3.05, 3.63) is 71.1 Å². The van der Waals surface area contributed by atoms with Crippen molar-refractivity contribution in [3.8, 4) is 5.75 Å². The highest BCUT2D eigenvalue weighted by Gasteiger charge is 2.22. The Morgan fingerprint density at radius 2 is 2.14 bits per heavy atom. The lowest BCUT2D eigenvalue weighted by Crippen LogP contribution is -2.30. The highest BCUT2D eigenvalue weighted by molar-refractivity contribution is 7.18. The minimum Gasteiger partial charge on any atom is -0.484 e. The molecule has 3 heterocycles. The molecule has 7 nitrogen and oxygen atoms in total. The van der Waals surface area contributed by atoms with Gasteiger partial charge in [-0.1, -0.05) is 6.07 Å². The Bertz CT molecular complexity index is 1140. The Labute approximate surface area is 172 Å². The van der Waals surface area contributed by atoms with Crippen LogP contribution in [0.25, 0.3) is 10.2 Å². The second-order valence-electron chi connectivity index (χ2n) is 6.62. The van der Waals surface area contributed by atoms with Crippen LogP contribution in [0.5, 0.6) is 5.75 Å². The Morgan fingerprint density at radius 1 is 1.28 bits per heavy atom. The normalized spacial score (nSPS) is 12.1. The van der Waals surface area contributed by atoms with Gasteiger partial charge in [0.1, 0.15) is 12.0 Å². The number of thiazole rings is 1. The number of carbonyl (C=O) groups excluding carboxylic acids is 1. The minimum absolute atomic E-state index is 0.126. The Hall–Kier alpha value is -3.26. The highest BCUT2D eigenvalue weighted by Crippen LogP contribution is 2.26. The number of amides is 1. The van der Waals surface area contributed by atoms with Crippen molar-refractivity contribution in [2.45, 2.75) is 26.5 Å². The number of oxazole rings is 1. The summed E-state index contributed by atoms with van der Waals surface area (Å²) in [6.45, 7) is 4.02. The molecular weight excluding hydrogens is 388 g/mol. The number of aryl methyl sites for hydroxylation is 1. The van der Waals surface area contributed by atoms with E-state index in [1.807, 2.05) is 50.2 Å². The number of hydrogen-bond donors (Lipinski definition) is 0. The molecule has 0 bridgehead atoms. The van der Waals surface area contributed by atoms with Crippen LogP contribution in [0.4, 0.5) is 0 Å². The van der Waals surface area contributed by atoms with Crippen LogP contribution in [0.15, 0.2) is 53.3 Å². The molecule has 0 aliphatic rings. The standard InChI is InChI=1S/C21H20N4O3S/c1-13(16-6-4-5-9-22-16)25(3)21(26)18-11-28-20(24-18)12-27-15-7-8-19-17(10-15)23-14(2)29-19/h4-11,13H,12H2,1-3H3. The zero-order chi connectivity index (χ0) is 20.4. The minimum atomic E-state index is -0.238. The molecule has 0 aliphatic heterocycles. The molecule has 8 heteroatoms. The summed E-state index contributed by atoms with van der Waals surface area (Å²) in [7, 11) is 1.72. The predicted octanol–water partition coefficient (Wildman–Crippen LogP) is 4.40. The van der Waals surface area contributed by atoms with Crippen LogP contribution >= 0.6 is 11.3 Å². The smallest absolute Gasteiger partial charge is 0.276 e. The molecule has 1 amide bonds. The number of hydrogen-bond acceptors (Lipinski definition) is 7. The topological polar surface area (TPSA) is 81.4 Å². The van der Waals surface area contributed by atoms with E-state index in [0.717, 1.165) is 20.9 Å².